The molecule has 11 rings (SSSR count). The summed E-state index contributed by atoms with van der Waals surface area (Å²) in [5.41, 5.74) is 5.59. The molecular formula is C35H44N4P2. The lowest BCUT2D eigenvalue weighted by Crippen LogP contribution is -2.53. The molecule has 8 fully saturated rings. The van der Waals surface area contributed by atoms with Gasteiger partial charge < -0.3 is 0 Å². The van der Waals surface area contributed by atoms with Crippen molar-refractivity contribution in [1.82, 2.24) is 19.9 Å². The minimum Gasteiger partial charge on any atom is -0.261 e. The van der Waals surface area contributed by atoms with Crippen LogP contribution in [0.1, 0.15) is 75.6 Å². The Hall–Kier alpha value is -1.50. The second-order valence-electron chi connectivity index (χ2n) is 15.2. The van der Waals surface area contributed by atoms with Gasteiger partial charge in [0.1, 0.15) is 0 Å². The van der Waals surface area contributed by atoms with Crippen molar-refractivity contribution in [2.45, 2.75) is 80.7 Å². The topological polar surface area (TPSA) is 51.6 Å². The Morgan fingerprint density at radius 2 is 1.12 bits per heavy atom. The van der Waals surface area contributed by atoms with E-state index in [-0.39, 0.29) is 13.8 Å². The lowest BCUT2D eigenvalue weighted by Gasteiger charge is -2.62. The van der Waals surface area contributed by atoms with Crippen LogP contribution >= 0.6 is 17.2 Å². The molecule has 9 aliphatic rings. The van der Waals surface area contributed by atoms with Gasteiger partial charge in [0.05, 0.1) is 16.5 Å². The first-order chi connectivity index (χ1) is 20.1. The minimum atomic E-state index is -0.462. The molecule has 4 nitrogen and oxygen atoms in total. The molecule has 41 heavy (non-hydrogen) atoms. The maximum atomic E-state index is 4.88. The number of allylic oxidation sites excluding steroid dienone is 4. The van der Waals surface area contributed by atoms with E-state index < -0.39 is 5.16 Å². The fourth-order valence-electron chi connectivity index (χ4n) is 12.1. The highest BCUT2D eigenvalue weighted by Gasteiger charge is 2.57. The van der Waals surface area contributed by atoms with Gasteiger partial charge in [0.2, 0.25) is 0 Å². The quantitative estimate of drug-likeness (QED) is 0.315. The maximum absolute atomic E-state index is 4.88. The second-order valence-corrected chi connectivity index (χ2v) is 18.6. The van der Waals surface area contributed by atoms with Crippen LogP contribution in [0, 0.1) is 53.3 Å². The zero-order valence-corrected chi connectivity index (χ0v) is 26.2. The molecule has 2 aromatic rings. The van der Waals surface area contributed by atoms with Crippen molar-refractivity contribution in [2.24, 2.45) is 53.3 Å². The van der Waals surface area contributed by atoms with E-state index in [1.54, 1.807) is 82.2 Å². The minimum absolute atomic E-state index is 0.0727. The Morgan fingerprint density at radius 1 is 0.659 bits per heavy atom. The Bertz CT molecular complexity index is 1200. The average molecular weight is 583 g/mol. The lowest BCUT2D eigenvalue weighted by atomic mass is 9.55. The van der Waals surface area contributed by atoms with Gasteiger partial charge in [0.15, 0.2) is 0 Å². The molecule has 0 amide bonds. The fraction of sp³-hybridized carbons (Fsp3) is 0.657. The number of nitrogens with zero attached hydrogens (tertiary/aromatic N) is 4. The van der Waals surface area contributed by atoms with Crippen LogP contribution in [0.3, 0.4) is 0 Å². The zero-order chi connectivity index (χ0) is 27.1. The Balaban J connectivity index is 1.10. The molecule has 8 bridgehead atoms. The number of rotatable bonds is 7. The van der Waals surface area contributed by atoms with Crippen LogP contribution in [0.5, 0.6) is 0 Å². The summed E-state index contributed by atoms with van der Waals surface area (Å²) in [4.78, 5) is 18.8. The van der Waals surface area contributed by atoms with Crippen LogP contribution in [0.25, 0.3) is 0 Å². The Morgan fingerprint density at radius 3 is 1.54 bits per heavy atom. The van der Waals surface area contributed by atoms with Gasteiger partial charge in [-0.3, -0.25) is 19.9 Å². The highest BCUT2D eigenvalue weighted by atomic mass is 31.1. The standard InChI is InChI=1S/C35H44N4P2/c40-35(31-18-36-4-6-38-31,32-19-37-5-7-39-32)30-3-1-2-25(30)20-41(33-26-10-21-8-22(12-26)13-27(33)11-21)34-28-14-23-9-24(16-28)17-29(34)15-23/h1-7,18-19,21-24,26-30,33-34H,8-17,20,40H2. The molecule has 2 atom stereocenters. The Kier molecular flexibility index (Phi) is 6.34. The van der Waals surface area contributed by atoms with E-state index in [9.17, 15) is 0 Å². The Labute approximate surface area is 249 Å². The molecule has 0 radical (unpaired) electrons. The molecular weight excluding hydrogens is 538 g/mol. The van der Waals surface area contributed by atoms with Crippen LogP contribution in [0.2, 0.25) is 0 Å². The first kappa shape index (κ1) is 25.9. The van der Waals surface area contributed by atoms with Crippen molar-refractivity contribution in [1.29, 1.82) is 0 Å². The molecule has 0 spiro atoms. The number of hydrogen-bond donors (Lipinski definition) is 0. The van der Waals surface area contributed by atoms with Crippen molar-refractivity contribution in [3.63, 3.8) is 0 Å². The molecule has 0 aromatic carbocycles. The first-order valence-electron chi connectivity index (χ1n) is 16.6. The number of aromatic nitrogens is 4. The predicted molar refractivity (Wildman–Crippen MR) is 169 cm³/mol. The summed E-state index contributed by atoms with van der Waals surface area (Å²) in [6.45, 7) is 0. The molecule has 2 heterocycles. The van der Waals surface area contributed by atoms with Crippen LogP contribution < -0.4 is 0 Å². The van der Waals surface area contributed by atoms with Gasteiger partial charge in [-0.15, -0.1) is 9.24 Å². The second kappa shape index (κ2) is 10.0. The highest BCUT2D eigenvalue weighted by molar-refractivity contribution is 7.59. The SMILES string of the molecule is PC(c1cnccn1)(c1cnccn1)C1C=CC=C1CP(C1C2CC3CC(C2)CC1C3)C1C2CC3CC(C2)CC1C3. The van der Waals surface area contributed by atoms with Crippen molar-refractivity contribution >= 4 is 17.2 Å². The third-order valence-electron chi connectivity index (χ3n) is 13.0. The van der Waals surface area contributed by atoms with Crippen molar-refractivity contribution < 1.29 is 0 Å². The van der Waals surface area contributed by atoms with E-state index >= 15 is 0 Å². The van der Waals surface area contributed by atoms with Crippen molar-refractivity contribution in [3.05, 3.63) is 72.4 Å². The maximum Gasteiger partial charge on any atom is 0.0817 e. The predicted octanol–water partition coefficient (Wildman–Crippen LogP) is 7.63. The van der Waals surface area contributed by atoms with E-state index in [0.29, 0.717) is 0 Å². The van der Waals surface area contributed by atoms with Gasteiger partial charge in [-0.2, -0.15) is 0 Å². The molecule has 0 N–H and O–H groups in total. The fourth-order valence-corrected chi connectivity index (χ4v) is 17.4. The first-order valence-corrected chi connectivity index (χ1v) is 18.8. The van der Waals surface area contributed by atoms with Crippen LogP contribution in [-0.2, 0) is 5.16 Å². The van der Waals surface area contributed by atoms with Gasteiger partial charge in [0.25, 0.3) is 0 Å². The summed E-state index contributed by atoms with van der Waals surface area (Å²) in [6.07, 6.45) is 35.3. The monoisotopic (exact) mass is 582 g/mol. The zero-order valence-electron chi connectivity index (χ0n) is 24.1. The van der Waals surface area contributed by atoms with Crippen LogP contribution in [0.15, 0.2) is 61.0 Å². The van der Waals surface area contributed by atoms with E-state index in [2.05, 4.69) is 37.4 Å². The summed E-state index contributed by atoms with van der Waals surface area (Å²) in [6, 6.07) is 0. The summed E-state index contributed by atoms with van der Waals surface area (Å²) >= 11 is 0. The van der Waals surface area contributed by atoms with Gasteiger partial charge in [0, 0.05) is 43.1 Å². The van der Waals surface area contributed by atoms with Crippen LogP contribution in [-0.4, -0.2) is 37.4 Å². The smallest absolute Gasteiger partial charge is 0.0817 e. The van der Waals surface area contributed by atoms with Gasteiger partial charge in [-0.1, -0.05) is 31.7 Å². The molecule has 2 unspecified atom stereocenters. The summed E-state index contributed by atoms with van der Waals surface area (Å²) in [5.74, 6) is 8.50. The molecule has 214 valence electrons. The van der Waals surface area contributed by atoms with E-state index in [0.717, 1.165) is 70.0 Å². The van der Waals surface area contributed by atoms with E-state index in [1.165, 1.54) is 6.16 Å². The largest absolute Gasteiger partial charge is 0.261 e. The summed E-state index contributed by atoms with van der Waals surface area (Å²) in [5, 5.41) is -0.462. The van der Waals surface area contributed by atoms with Gasteiger partial charge >= 0.3 is 0 Å². The lowest BCUT2D eigenvalue weighted by molar-refractivity contribution is 0.0131. The summed E-state index contributed by atoms with van der Waals surface area (Å²) < 4.78 is 0. The third-order valence-corrected chi connectivity index (χ3v) is 17.9. The molecule has 0 aliphatic heterocycles. The molecule has 8 saturated carbocycles. The molecule has 0 saturated heterocycles. The molecule has 9 aliphatic carbocycles. The van der Waals surface area contributed by atoms with E-state index in [4.69, 9.17) is 9.97 Å². The third kappa shape index (κ3) is 4.20. The van der Waals surface area contributed by atoms with Gasteiger partial charge in [-0.25, -0.2) is 0 Å². The average Bonchev–Trinajstić information content (AvgIpc) is 3.45. The normalized spacial score (nSPS) is 42.6. The van der Waals surface area contributed by atoms with Crippen molar-refractivity contribution in [3.8, 4) is 0 Å². The highest BCUT2D eigenvalue weighted by Crippen LogP contribution is 2.72. The van der Waals surface area contributed by atoms with E-state index in [1.807, 2.05) is 24.8 Å². The van der Waals surface area contributed by atoms with Crippen molar-refractivity contribution in [2.75, 3.05) is 6.16 Å². The summed E-state index contributed by atoms with van der Waals surface area (Å²) in [7, 11) is 3.14. The number of hydrogen-bond acceptors (Lipinski definition) is 4. The molecule has 6 heteroatoms. The van der Waals surface area contributed by atoms with Crippen LogP contribution in [0.4, 0.5) is 0 Å². The molecule has 2 aromatic heterocycles. The van der Waals surface area contributed by atoms with Gasteiger partial charge in [-0.05, 0) is 129 Å².